The van der Waals surface area contributed by atoms with Gasteiger partial charge in [-0.2, -0.15) is 0 Å². The zero-order chi connectivity index (χ0) is 22.5. The molecule has 1 aliphatic heterocycles. The van der Waals surface area contributed by atoms with Crippen LogP contribution in [-0.4, -0.2) is 42.8 Å². The summed E-state index contributed by atoms with van der Waals surface area (Å²) in [6.45, 7) is 3.86. The lowest BCUT2D eigenvalue weighted by molar-refractivity contribution is -0.145. The number of benzene rings is 1. The number of nitrogens with one attached hydrogen (secondary N) is 1. The maximum absolute atomic E-state index is 12.5. The molecular formula is C24H29N3O5. The molecule has 8 heteroatoms. The minimum atomic E-state index is -0.357. The van der Waals surface area contributed by atoms with Crippen LogP contribution in [-0.2, 0) is 25.6 Å². The number of ether oxygens (including phenoxy) is 3. The lowest BCUT2D eigenvalue weighted by Gasteiger charge is -2.24. The van der Waals surface area contributed by atoms with Gasteiger partial charge in [0, 0.05) is 31.1 Å². The van der Waals surface area contributed by atoms with E-state index in [9.17, 15) is 9.59 Å². The molecule has 4 rings (SSSR count). The summed E-state index contributed by atoms with van der Waals surface area (Å²) in [6.07, 6.45) is 4.05. The number of carbonyl (C=O) groups excluding carboxylic acids is 2. The minimum Gasteiger partial charge on any atom is -0.490 e. The van der Waals surface area contributed by atoms with Crippen LogP contribution in [0.25, 0.3) is 11.1 Å². The number of esters is 1. The summed E-state index contributed by atoms with van der Waals surface area (Å²) in [5.74, 6) is 0.00379. The monoisotopic (exact) mass is 439 g/mol. The highest BCUT2D eigenvalue weighted by Gasteiger charge is 2.49. The Morgan fingerprint density at radius 3 is 2.69 bits per heavy atom. The average Bonchev–Trinajstić information content (AvgIpc) is 3.62. The van der Waals surface area contributed by atoms with E-state index in [4.69, 9.17) is 19.9 Å². The van der Waals surface area contributed by atoms with Gasteiger partial charge >= 0.3 is 5.97 Å². The Bertz CT molecular complexity index is 974. The highest BCUT2D eigenvalue weighted by Crippen LogP contribution is 2.40. The van der Waals surface area contributed by atoms with Crippen LogP contribution in [0.4, 0.5) is 5.82 Å². The number of aromatic nitrogens is 1. The highest BCUT2D eigenvalue weighted by molar-refractivity contribution is 5.98. The average molecular weight is 440 g/mol. The van der Waals surface area contributed by atoms with Gasteiger partial charge in [-0.25, -0.2) is 4.98 Å². The summed E-state index contributed by atoms with van der Waals surface area (Å²) in [5, 5.41) is 2.82. The number of nitrogens with zero attached hydrogens (tertiary/aromatic N) is 1. The van der Waals surface area contributed by atoms with Gasteiger partial charge in [0.2, 0.25) is 5.91 Å². The molecule has 1 aliphatic carbocycles. The van der Waals surface area contributed by atoms with Crippen molar-refractivity contribution in [2.24, 2.45) is 17.6 Å². The first kappa shape index (κ1) is 22.2. The molecule has 2 aliphatic rings. The summed E-state index contributed by atoms with van der Waals surface area (Å²) in [7, 11) is 0. The largest absolute Gasteiger partial charge is 0.490 e. The van der Waals surface area contributed by atoms with E-state index >= 15 is 0 Å². The summed E-state index contributed by atoms with van der Waals surface area (Å²) < 4.78 is 16.5. The van der Waals surface area contributed by atoms with Gasteiger partial charge in [-0.05, 0) is 48.7 Å². The van der Waals surface area contributed by atoms with Gasteiger partial charge in [-0.15, -0.1) is 0 Å². The van der Waals surface area contributed by atoms with E-state index in [2.05, 4.69) is 10.3 Å². The van der Waals surface area contributed by atoms with Crippen LogP contribution in [0.2, 0.25) is 0 Å². The molecule has 0 bridgehead atoms. The zero-order valence-corrected chi connectivity index (χ0v) is 18.2. The first-order chi connectivity index (χ1) is 15.6. The Morgan fingerprint density at radius 1 is 1.16 bits per heavy atom. The van der Waals surface area contributed by atoms with E-state index in [0.717, 1.165) is 35.3 Å². The number of anilines is 1. The molecule has 0 spiro atoms. The van der Waals surface area contributed by atoms with Gasteiger partial charge in [0.1, 0.15) is 17.7 Å². The number of hydrogen-bond donors (Lipinski definition) is 2. The molecule has 32 heavy (non-hydrogen) atoms. The molecule has 1 saturated carbocycles. The molecule has 0 unspecified atom stereocenters. The van der Waals surface area contributed by atoms with Crippen molar-refractivity contribution in [2.75, 3.05) is 25.1 Å². The van der Waals surface area contributed by atoms with Gasteiger partial charge in [-0.3, -0.25) is 9.59 Å². The number of pyridine rings is 1. The van der Waals surface area contributed by atoms with Crippen molar-refractivity contribution >= 4 is 17.7 Å². The summed E-state index contributed by atoms with van der Waals surface area (Å²) in [6, 6.07) is 9.62. The predicted octanol–water partition coefficient (Wildman–Crippen LogP) is 2.90. The SMILES string of the molecule is CCOC(=O)[C@@H]1C[C@H]1C(=O)Nc1cc(-c2ccc(OC3CCOCC3)c(CN)c2)ccn1. The molecule has 2 atom stereocenters. The van der Waals surface area contributed by atoms with Crippen molar-refractivity contribution in [3.05, 3.63) is 42.1 Å². The summed E-state index contributed by atoms with van der Waals surface area (Å²) in [4.78, 5) is 28.5. The Balaban J connectivity index is 1.43. The molecule has 170 valence electrons. The fourth-order valence-corrected chi connectivity index (χ4v) is 3.90. The van der Waals surface area contributed by atoms with E-state index in [1.807, 2.05) is 30.3 Å². The van der Waals surface area contributed by atoms with Crippen LogP contribution in [0.5, 0.6) is 5.75 Å². The quantitative estimate of drug-likeness (QED) is 0.608. The van der Waals surface area contributed by atoms with Crippen molar-refractivity contribution in [3.8, 4) is 16.9 Å². The molecule has 1 aromatic heterocycles. The first-order valence-electron chi connectivity index (χ1n) is 11.1. The minimum absolute atomic E-state index is 0.142. The van der Waals surface area contributed by atoms with E-state index < -0.39 is 0 Å². The van der Waals surface area contributed by atoms with E-state index in [1.54, 1.807) is 13.1 Å². The van der Waals surface area contributed by atoms with Crippen molar-refractivity contribution in [3.63, 3.8) is 0 Å². The molecule has 1 amide bonds. The predicted molar refractivity (Wildman–Crippen MR) is 119 cm³/mol. The van der Waals surface area contributed by atoms with Gasteiger partial charge in [0.15, 0.2) is 0 Å². The second-order valence-electron chi connectivity index (χ2n) is 8.08. The van der Waals surface area contributed by atoms with Crippen molar-refractivity contribution in [2.45, 2.75) is 38.8 Å². The Kier molecular flexibility index (Phi) is 7.02. The standard InChI is InChI=1S/C24H29N3O5/c1-2-31-24(29)20-13-19(20)23(28)27-22-12-16(5-8-26-22)15-3-4-21(17(11-15)14-25)32-18-6-9-30-10-7-18/h3-5,8,11-12,18-20H,2,6-7,9-10,13-14,25H2,1H3,(H,26,27,28)/t19-,20-/m1/s1. The number of amides is 1. The number of nitrogens with two attached hydrogens (primary N) is 1. The molecular weight excluding hydrogens is 410 g/mol. The Hall–Kier alpha value is -2.97. The van der Waals surface area contributed by atoms with Gasteiger partial charge < -0.3 is 25.3 Å². The molecule has 3 N–H and O–H groups in total. The number of rotatable bonds is 8. The van der Waals surface area contributed by atoms with Crippen LogP contribution in [0.1, 0.15) is 31.7 Å². The lowest BCUT2D eigenvalue weighted by Crippen LogP contribution is -2.26. The Labute approximate surface area is 187 Å². The Morgan fingerprint density at radius 2 is 1.94 bits per heavy atom. The summed E-state index contributed by atoms with van der Waals surface area (Å²) >= 11 is 0. The van der Waals surface area contributed by atoms with Crippen LogP contribution in [0.3, 0.4) is 0 Å². The maximum Gasteiger partial charge on any atom is 0.309 e. The van der Waals surface area contributed by atoms with Crippen LogP contribution in [0.15, 0.2) is 36.5 Å². The second-order valence-corrected chi connectivity index (χ2v) is 8.08. The second kappa shape index (κ2) is 10.1. The van der Waals surface area contributed by atoms with Crippen molar-refractivity contribution in [1.29, 1.82) is 0 Å². The maximum atomic E-state index is 12.5. The smallest absolute Gasteiger partial charge is 0.309 e. The molecule has 1 saturated heterocycles. The third-order valence-corrected chi connectivity index (χ3v) is 5.80. The van der Waals surface area contributed by atoms with E-state index in [-0.39, 0.29) is 29.8 Å². The van der Waals surface area contributed by atoms with Crippen LogP contribution >= 0.6 is 0 Å². The molecule has 2 aromatic rings. The van der Waals surface area contributed by atoms with E-state index in [1.165, 1.54) is 0 Å². The molecule has 2 heterocycles. The van der Waals surface area contributed by atoms with Gasteiger partial charge in [0.25, 0.3) is 0 Å². The topological polar surface area (TPSA) is 113 Å². The van der Waals surface area contributed by atoms with Crippen LogP contribution in [0, 0.1) is 11.8 Å². The first-order valence-corrected chi connectivity index (χ1v) is 11.1. The molecule has 0 radical (unpaired) electrons. The van der Waals surface area contributed by atoms with Crippen molar-refractivity contribution < 1.29 is 23.8 Å². The third-order valence-electron chi connectivity index (χ3n) is 5.80. The summed E-state index contributed by atoms with van der Waals surface area (Å²) in [5.41, 5.74) is 8.77. The number of carbonyl (C=O) groups is 2. The fraction of sp³-hybridized carbons (Fsp3) is 0.458. The van der Waals surface area contributed by atoms with E-state index in [0.29, 0.717) is 38.6 Å². The van der Waals surface area contributed by atoms with Gasteiger partial charge in [-0.1, -0.05) is 6.07 Å². The zero-order valence-electron chi connectivity index (χ0n) is 18.2. The van der Waals surface area contributed by atoms with Crippen LogP contribution < -0.4 is 15.8 Å². The number of hydrogen-bond acceptors (Lipinski definition) is 7. The normalized spacial score (nSPS) is 20.4. The fourth-order valence-electron chi connectivity index (χ4n) is 3.90. The molecule has 8 nitrogen and oxygen atoms in total. The van der Waals surface area contributed by atoms with Crippen molar-refractivity contribution in [1.82, 2.24) is 4.98 Å². The lowest BCUT2D eigenvalue weighted by atomic mass is 10.0. The molecule has 2 fully saturated rings. The highest BCUT2D eigenvalue weighted by atomic mass is 16.5. The molecule has 1 aromatic carbocycles. The third kappa shape index (κ3) is 5.26. The van der Waals surface area contributed by atoms with Gasteiger partial charge in [0.05, 0.1) is 31.7 Å².